The van der Waals surface area contributed by atoms with Crippen molar-refractivity contribution < 1.29 is 14.2 Å². The number of terminal acetylenes is 1. The van der Waals surface area contributed by atoms with E-state index in [2.05, 4.69) is 38.8 Å². The van der Waals surface area contributed by atoms with Gasteiger partial charge in [0, 0.05) is 42.3 Å². The Balaban J connectivity index is 1.66. The minimum Gasteiger partial charge on any atom is -0.381 e. The number of nitrogens with zero attached hydrogens (tertiary/aromatic N) is 4. The molecule has 1 atom stereocenters. The van der Waals surface area contributed by atoms with E-state index in [1.807, 2.05) is 6.08 Å². The van der Waals surface area contributed by atoms with Crippen molar-refractivity contribution in [2.75, 3.05) is 26.3 Å². The molecule has 176 valence electrons. The van der Waals surface area contributed by atoms with Crippen LogP contribution in [-0.4, -0.2) is 52.8 Å². The zero-order valence-electron chi connectivity index (χ0n) is 19.1. The molecule has 6 nitrogen and oxygen atoms in total. The Morgan fingerprint density at radius 2 is 2.18 bits per heavy atom. The van der Waals surface area contributed by atoms with Gasteiger partial charge < -0.3 is 14.7 Å². The maximum atomic E-state index is 14.9. The highest BCUT2D eigenvalue weighted by molar-refractivity contribution is 7.09. The Bertz CT molecular complexity index is 1170. The van der Waals surface area contributed by atoms with E-state index in [1.54, 1.807) is 23.7 Å². The summed E-state index contributed by atoms with van der Waals surface area (Å²) in [6, 6.07) is 4.52. The van der Waals surface area contributed by atoms with E-state index in [-0.39, 0.29) is 5.84 Å². The number of aliphatic hydroxyl groups is 1. The maximum Gasteiger partial charge on any atom is 0.205 e. The number of morpholine rings is 1. The fourth-order valence-corrected chi connectivity index (χ4v) is 4.50. The molecule has 0 saturated carbocycles. The number of thiazole rings is 1. The highest BCUT2D eigenvalue weighted by atomic mass is 32.1. The number of hydrogen-bond acceptors (Lipinski definition) is 7. The van der Waals surface area contributed by atoms with Crippen LogP contribution < -0.4 is 0 Å². The number of unbranched alkanes of at least 4 members (excludes halogenated alkanes) is 1. The molecule has 3 heterocycles. The second-order valence-electron chi connectivity index (χ2n) is 7.98. The highest BCUT2D eigenvalue weighted by Crippen LogP contribution is 2.28. The molecule has 8 heteroatoms. The van der Waals surface area contributed by atoms with Gasteiger partial charge in [0.15, 0.2) is 0 Å². The number of benzene rings is 1. The lowest BCUT2D eigenvalue weighted by Gasteiger charge is -2.30. The van der Waals surface area contributed by atoms with Gasteiger partial charge in [0.1, 0.15) is 16.9 Å². The predicted octanol–water partition coefficient (Wildman–Crippen LogP) is 4.49. The molecule has 2 aliphatic rings. The van der Waals surface area contributed by atoms with Crippen molar-refractivity contribution >= 4 is 22.9 Å². The van der Waals surface area contributed by atoms with Crippen LogP contribution in [0.5, 0.6) is 0 Å². The number of halogens is 1. The lowest BCUT2D eigenvalue weighted by molar-refractivity contribution is 0.0552. The average molecular weight is 479 g/mol. The molecular weight excluding hydrogens is 451 g/mol. The maximum absolute atomic E-state index is 14.9. The predicted molar refractivity (Wildman–Crippen MR) is 133 cm³/mol. The molecule has 0 spiro atoms. The molecule has 2 aliphatic heterocycles. The van der Waals surface area contributed by atoms with Crippen LogP contribution in [0.3, 0.4) is 0 Å². The molecule has 2 aromatic rings. The second-order valence-corrected chi connectivity index (χ2v) is 8.91. The summed E-state index contributed by atoms with van der Waals surface area (Å²) in [5.74, 6) is 2.27. The van der Waals surface area contributed by atoms with Gasteiger partial charge in [0.05, 0.1) is 24.6 Å². The normalized spacial score (nSPS) is 18.9. The lowest BCUT2D eigenvalue weighted by Crippen LogP contribution is -2.35. The minimum absolute atomic E-state index is 0.203. The van der Waals surface area contributed by atoms with Gasteiger partial charge >= 0.3 is 0 Å². The van der Waals surface area contributed by atoms with E-state index in [9.17, 15) is 9.50 Å². The van der Waals surface area contributed by atoms with Crippen molar-refractivity contribution in [3.05, 3.63) is 75.3 Å². The summed E-state index contributed by atoms with van der Waals surface area (Å²) < 4.78 is 20.4. The van der Waals surface area contributed by atoms with Gasteiger partial charge in [-0.2, -0.15) is 0 Å². The number of aromatic nitrogens is 1. The fraction of sp³-hybridized carbons (Fsp3) is 0.346. The first-order valence-corrected chi connectivity index (χ1v) is 12.2. The Hall–Kier alpha value is -3.12. The molecule has 1 saturated heterocycles. The van der Waals surface area contributed by atoms with Crippen LogP contribution in [0.2, 0.25) is 0 Å². The molecule has 1 aromatic heterocycles. The first kappa shape index (κ1) is 24.0. The number of aliphatic imine (C=N–C) groups is 2. The Labute approximate surface area is 203 Å². The summed E-state index contributed by atoms with van der Waals surface area (Å²) in [5, 5.41) is 13.0. The van der Waals surface area contributed by atoms with Crippen molar-refractivity contribution in [3.63, 3.8) is 0 Å². The van der Waals surface area contributed by atoms with Crippen LogP contribution in [0.15, 0.2) is 63.3 Å². The van der Waals surface area contributed by atoms with Crippen LogP contribution in [0.4, 0.5) is 4.39 Å². The summed E-state index contributed by atoms with van der Waals surface area (Å²) in [4.78, 5) is 15.4. The van der Waals surface area contributed by atoms with Crippen molar-refractivity contribution in [3.8, 4) is 12.3 Å². The summed E-state index contributed by atoms with van der Waals surface area (Å²) in [7, 11) is 0. The Morgan fingerprint density at radius 3 is 2.88 bits per heavy atom. The van der Waals surface area contributed by atoms with E-state index >= 15 is 0 Å². The monoisotopic (exact) mass is 478 g/mol. The van der Waals surface area contributed by atoms with Gasteiger partial charge in [-0.3, -0.25) is 0 Å². The van der Waals surface area contributed by atoms with Gasteiger partial charge in [-0.15, -0.1) is 17.8 Å². The summed E-state index contributed by atoms with van der Waals surface area (Å²) >= 11 is 1.34. The second kappa shape index (κ2) is 11.3. The Kier molecular flexibility index (Phi) is 8.01. The molecule has 4 rings (SSSR count). The molecule has 1 unspecified atom stereocenters. The smallest absolute Gasteiger partial charge is 0.205 e. The number of hydrogen-bond donors (Lipinski definition) is 1. The molecular formula is C26H27FN4O2S. The number of aliphatic hydroxyl groups excluding tert-OH is 1. The molecule has 0 aliphatic carbocycles. The molecule has 34 heavy (non-hydrogen) atoms. The standard InChI is InChI=1S/C26H27FN4O2S/c1-3-5-6-20(31-10-12-33-13-11-31)16-19-17-23(30-24(4-2)29-19)21-15-18(7-8-22(21)27)25(32)26-28-9-14-34-26/h2,6-9,14-16,25,32H,3,5,10-13,17H2,1H3/b19-16+,20-6+. The van der Waals surface area contributed by atoms with Crippen molar-refractivity contribution in [2.24, 2.45) is 9.98 Å². The first-order chi connectivity index (χ1) is 16.6. The topological polar surface area (TPSA) is 70.3 Å². The SMILES string of the molecule is C#CC1=N/C(=C/C(=C\CCC)N2CCOCC2)CC(c2cc(C(O)c3nccs3)ccc2F)=N1. The molecule has 1 N–H and O–H groups in total. The minimum atomic E-state index is -0.941. The summed E-state index contributed by atoms with van der Waals surface area (Å²) in [6.45, 7) is 5.10. The molecule has 0 amide bonds. The third-order valence-corrected chi connectivity index (χ3v) is 6.43. The molecule has 0 bridgehead atoms. The lowest BCUT2D eigenvalue weighted by atomic mass is 9.98. The fourth-order valence-electron chi connectivity index (χ4n) is 3.85. The summed E-state index contributed by atoms with van der Waals surface area (Å²) in [6.07, 6.45) is 12.8. The van der Waals surface area contributed by atoms with Crippen LogP contribution in [0.1, 0.15) is 48.4 Å². The van der Waals surface area contributed by atoms with Crippen molar-refractivity contribution in [1.82, 2.24) is 9.88 Å². The van der Waals surface area contributed by atoms with Gasteiger partial charge in [-0.25, -0.2) is 19.4 Å². The number of ether oxygens (including phenoxy) is 1. The molecule has 1 aromatic carbocycles. The number of rotatable bonds is 7. The zero-order valence-corrected chi connectivity index (χ0v) is 19.9. The third-order valence-electron chi connectivity index (χ3n) is 5.60. The van der Waals surface area contributed by atoms with Crippen LogP contribution >= 0.6 is 11.3 Å². The largest absolute Gasteiger partial charge is 0.381 e. The van der Waals surface area contributed by atoms with Crippen LogP contribution in [0.25, 0.3) is 0 Å². The third kappa shape index (κ3) is 5.68. The first-order valence-electron chi connectivity index (χ1n) is 11.3. The number of amidine groups is 1. The van der Waals surface area contributed by atoms with Gasteiger partial charge in [0.25, 0.3) is 0 Å². The van der Waals surface area contributed by atoms with E-state index in [4.69, 9.17) is 11.2 Å². The average Bonchev–Trinajstić information content (AvgIpc) is 3.42. The summed E-state index contributed by atoms with van der Waals surface area (Å²) in [5.41, 5.74) is 3.11. The van der Waals surface area contributed by atoms with E-state index in [1.165, 1.54) is 17.4 Å². The highest BCUT2D eigenvalue weighted by Gasteiger charge is 2.21. The number of allylic oxidation sites excluding steroid dienone is 3. The van der Waals surface area contributed by atoms with Gasteiger partial charge in [-0.1, -0.05) is 25.5 Å². The van der Waals surface area contributed by atoms with Crippen molar-refractivity contribution in [1.29, 1.82) is 0 Å². The van der Waals surface area contributed by atoms with E-state index in [0.717, 1.165) is 37.3 Å². The molecule has 0 radical (unpaired) electrons. The van der Waals surface area contributed by atoms with Crippen LogP contribution in [-0.2, 0) is 4.74 Å². The molecule has 1 fully saturated rings. The van der Waals surface area contributed by atoms with Gasteiger partial charge in [0.2, 0.25) is 5.84 Å². The van der Waals surface area contributed by atoms with E-state index < -0.39 is 11.9 Å². The quantitative estimate of drug-likeness (QED) is 0.596. The zero-order chi connectivity index (χ0) is 23.9. The van der Waals surface area contributed by atoms with Crippen molar-refractivity contribution in [2.45, 2.75) is 32.3 Å². The van der Waals surface area contributed by atoms with Gasteiger partial charge in [-0.05, 0) is 36.1 Å². The van der Waals surface area contributed by atoms with E-state index in [0.29, 0.717) is 41.5 Å². The van der Waals surface area contributed by atoms with Crippen LogP contribution in [0, 0.1) is 18.2 Å². The Morgan fingerprint density at radius 1 is 1.35 bits per heavy atom.